The SMILES string of the molecule is CCCc1cnc2ccc([N+](=O)[O-])cc2n1. The highest BCUT2D eigenvalue weighted by molar-refractivity contribution is 5.76. The zero-order chi connectivity index (χ0) is 11.5. The molecule has 0 spiro atoms. The van der Waals surface area contributed by atoms with E-state index in [1.807, 2.05) is 0 Å². The lowest BCUT2D eigenvalue weighted by molar-refractivity contribution is -0.384. The van der Waals surface area contributed by atoms with E-state index in [1.165, 1.54) is 12.1 Å². The van der Waals surface area contributed by atoms with E-state index in [0.29, 0.717) is 11.0 Å². The van der Waals surface area contributed by atoms with Gasteiger partial charge in [-0.1, -0.05) is 13.3 Å². The van der Waals surface area contributed by atoms with Gasteiger partial charge in [0.1, 0.15) is 0 Å². The number of nitro groups is 1. The summed E-state index contributed by atoms with van der Waals surface area (Å²) in [7, 11) is 0. The topological polar surface area (TPSA) is 68.9 Å². The van der Waals surface area contributed by atoms with Crippen molar-refractivity contribution in [2.45, 2.75) is 19.8 Å². The molecule has 16 heavy (non-hydrogen) atoms. The molecule has 1 aromatic heterocycles. The Morgan fingerprint density at radius 2 is 2.19 bits per heavy atom. The minimum atomic E-state index is -0.423. The highest BCUT2D eigenvalue weighted by Crippen LogP contribution is 2.17. The van der Waals surface area contributed by atoms with Crippen molar-refractivity contribution in [3.63, 3.8) is 0 Å². The Kier molecular flexibility index (Phi) is 2.76. The lowest BCUT2D eigenvalue weighted by Gasteiger charge is -2.00. The first kappa shape index (κ1) is 10.5. The lowest BCUT2D eigenvalue weighted by Crippen LogP contribution is -1.94. The molecule has 1 aromatic carbocycles. The number of fused-ring (bicyclic) bond motifs is 1. The summed E-state index contributed by atoms with van der Waals surface area (Å²) in [6, 6.07) is 4.52. The molecule has 5 nitrogen and oxygen atoms in total. The minimum absolute atomic E-state index is 0.0513. The fraction of sp³-hybridized carbons (Fsp3) is 0.273. The third-order valence-corrected chi connectivity index (χ3v) is 2.29. The van der Waals surface area contributed by atoms with E-state index in [9.17, 15) is 10.1 Å². The summed E-state index contributed by atoms with van der Waals surface area (Å²) in [5, 5.41) is 10.6. The Hall–Kier alpha value is -2.04. The molecule has 0 amide bonds. The van der Waals surface area contributed by atoms with Gasteiger partial charge in [-0.3, -0.25) is 15.1 Å². The van der Waals surface area contributed by atoms with E-state index in [1.54, 1.807) is 12.3 Å². The van der Waals surface area contributed by atoms with Crippen molar-refractivity contribution in [3.8, 4) is 0 Å². The quantitative estimate of drug-likeness (QED) is 0.585. The van der Waals surface area contributed by atoms with Gasteiger partial charge in [-0.25, -0.2) is 4.98 Å². The molecule has 2 rings (SSSR count). The number of hydrogen-bond donors (Lipinski definition) is 0. The second-order valence-corrected chi connectivity index (χ2v) is 3.54. The molecule has 0 bridgehead atoms. The summed E-state index contributed by atoms with van der Waals surface area (Å²) in [6.45, 7) is 2.05. The molecule has 0 aliphatic rings. The maximum atomic E-state index is 10.6. The smallest absolute Gasteiger partial charge is 0.258 e. The Balaban J connectivity index is 2.52. The van der Waals surface area contributed by atoms with Crippen LogP contribution >= 0.6 is 0 Å². The molecule has 1 heterocycles. The van der Waals surface area contributed by atoms with Crippen molar-refractivity contribution < 1.29 is 4.92 Å². The monoisotopic (exact) mass is 217 g/mol. The molecule has 5 heteroatoms. The van der Waals surface area contributed by atoms with Crippen LogP contribution in [0, 0.1) is 10.1 Å². The minimum Gasteiger partial charge on any atom is -0.258 e. The van der Waals surface area contributed by atoms with Crippen LogP contribution in [0.3, 0.4) is 0 Å². The van der Waals surface area contributed by atoms with Crippen LogP contribution in [0.25, 0.3) is 11.0 Å². The Bertz CT molecular complexity index is 540. The molecule has 0 saturated heterocycles. The van der Waals surface area contributed by atoms with Gasteiger partial charge in [0, 0.05) is 18.3 Å². The zero-order valence-corrected chi connectivity index (χ0v) is 8.88. The second-order valence-electron chi connectivity index (χ2n) is 3.54. The number of nitro benzene ring substituents is 1. The van der Waals surface area contributed by atoms with Crippen LogP contribution in [0.2, 0.25) is 0 Å². The van der Waals surface area contributed by atoms with Gasteiger partial charge < -0.3 is 0 Å². The maximum absolute atomic E-state index is 10.6. The van der Waals surface area contributed by atoms with Crippen molar-refractivity contribution in [2.24, 2.45) is 0 Å². The van der Waals surface area contributed by atoms with E-state index in [4.69, 9.17) is 0 Å². The molecule has 0 unspecified atom stereocenters. The first-order valence-corrected chi connectivity index (χ1v) is 5.11. The highest BCUT2D eigenvalue weighted by atomic mass is 16.6. The molecular formula is C11H11N3O2. The molecule has 0 atom stereocenters. The molecule has 0 aliphatic carbocycles. The average Bonchev–Trinajstić information content (AvgIpc) is 2.28. The standard InChI is InChI=1S/C11H11N3O2/c1-2-3-8-7-12-10-5-4-9(14(15)16)6-11(10)13-8/h4-7H,2-3H2,1H3. The van der Waals surface area contributed by atoms with Gasteiger partial charge in [-0.2, -0.15) is 0 Å². The number of aromatic nitrogens is 2. The summed E-state index contributed by atoms with van der Waals surface area (Å²) in [5.74, 6) is 0. The Labute approximate surface area is 92.3 Å². The molecule has 0 aliphatic heterocycles. The molecule has 2 aromatic rings. The number of non-ortho nitro benzene ring substituents is 1. The average molecular weight is 217 g/mol. The fourth-order valence-electron chi connectivity index (χ4n) is 1.53. The van der Waals surface area contributed by atoms with Crippen LogP contribution in [0.5, 0.6) is 0 Å². The van der Waals surface area contributed by atoms with Crippen LogP contribution in [0.1, 0.15) is 19.0 Å². The Morgan fingerprint density at radius 1 is 1.38 bits per heavy atom. The van der Waals surface area contributed by atoms with E-state index < -0.39 is 4.92 Å². The number of rotatable bonds is 3. The molecule has 0 radical (unpaired) electrons. The van der Waals surface area contributed by atoms with Crippen molar-refractivity contribution in [1.82, 2.24) is 9.97 Å². The fourth-order valence-corrected chi connectivity index (χ4v) is 1.53. The molecule has 82 valence electrons. The lowest BCUT2D eigenvalue weighted by atomic mass is 10.2. The number of aryl methyl sites for hydroxylation is 1. The first-order chi connectivity index (χ1) is 7.70. The van der Waals surface area contributed by atoms with Gasteiger partial charge in [0.05, 0.1) is 21.7 Å². The van der Waals surface area contributed by atoms with Gasteiger partial charge in [0.25, 0.3) is 5.69 Å². The predicted molar refractivity (Wildman–Crippen MR) is 60.2 cm³/mol. The third kappa shape index (κ3) is 1.98. The van der Waals surface area contributed by atoms with Gasteiger partial charge in [-0.05, 0) is 12.5 Å². The molecule has 0 fully saturated rings. The van der Waals surface area contributed by atoms with E-state index in [-0.39, 0.29) is 5.69 Å². The number of hydrogen-bond acceptors (Lipinski definition) is 4. The van der Waals surface area contributed by atoms with Crippen LogP contribution in [-0.2, 0) is 6.42 Å². The highest BCUT2D eigenvalue weighted by Gasteiger charge is 2.07. The molecule has 0 saturated carbocycles. The normalized spacial score (nSPS) is 10.6. The predicted octanol–water partition coefficient (Wildman–Crippen LogP) is 2.49. The van der Waals surface area contributed by atoms with E-state index >= 15 is 0 Å². The first-order valence-electron chi connectivity index (χ1n) is 5.11. The Morgan fingerprint density at radius 3 is 2.88 bits per heavy atom. The van der Waals surface area contributed by atoms with Gasteiger partial charge in [-0.15, -0.1) is 0 Å². The second kappa shape index (κ2) is 4.22. The zero-order valence-electron chi connectivity index (χ0n) is 8.88. The van der Waals surface area contributed by atoms with E-state index in [0.717, 1.165) is 18.5 Å². The van der Waals surface area contributed by atoms with Crippen molar-refractivity contribution in [3.05, 3.63) is 40.2 Å². The van der Waals surface area contributed by atoms with Gasteiger partial charge in [0.2, 0.25) is 0 Å². The van der Waals surface area contributed by atoms with Crippen molar-refractivity contribution in [2.75, 3.05) is 0 Å². The van der Waals surface area contributed by atoms with Crippen LogP contribution in [0.15, 0.2) is 24.4 Å². The third-order valence-electron chi connectivity index (χ3n) is 2.29. The molecule has 0 N–H and O–H groups in total. The van der Waals surface area contributed by atoms with Crippen LogP contribution < -0.4 is 0 Å². The van der Waals surface area contributed by atoms with E-state index in [2.05, 4.69) is 16.9 Å². The summed E-state index contributed by atoms with van der Waals surface area (Å²) in [5.41, 5.74) is 2.19. The number of benzene rings is 1. The summed E-state index contributed by atoms with van der Waals surface area (Å²) in [4.78, 5) is 18.7. The van der Waals surface area contributed by atoms with Gasteiger partial charge >= 0.3 is 0 Å². The van der Waals surface area contributed by atoms with Crippen molar-refractivity contribution >= 4 is 16.7 Å². The van der Waals surface area contributed by atoms with Crippen LogP contribution in [-0.4, -0.2) is 14.9 Å². The van der Waals surface area contributed by atoms with Crippen molar-refractivity contribution in [1.29, 1.82) is 0 Å². The largest absolute Gasteiger partial charge is 0.271 e. The van der Waals surface area contributed by atoms with Gasteiger partial charge in [0.15, 0.2) is 0 Å². The van der Waals surface area contributed by atoms with Crippen LogP contribution in [0.4, 0.5) is 5.69 Å². The maximum Gasteiger partial charge on any atom is 0.271 e. The molecular weight excluding hydrogens is 206 g/mol. The summed E-state index contributed by atoms with van der Waals surface area (Å²) >= 11 is 0. The summed E-state index contributed by atoms with van der Waals surface area (Å²) < 4.78 is 0. The summed E-state index contributed by atoms with van der Waals surface area (Å²) in [6.07, 6.45) is 3.54. The number of nitrogens with zero attached hydrogens (tertiary/aromatic N) is 3.